The van der Waals surface area contributed by atoms with Crippen molar-refractivity contribution in [2.24, 2.45) is 0 Å². The summed E-state index contributed by atoms with van der Waals surface area (Å²) >= 11 is 0. The average Bonchev–Trinajstić information content (AvgIpc) is 2.96. The molecule has 1 aromatic heterocycles. The molecule has 7 nitrogen and oxygen atoms in total. The molecule has 1 amide bonds. The highest BCUT2D eigenvalue weighted by atomic mass is 19.4. The normalized spacial score (nSPS) is 16.3. The second-order valence-corrected chi connectivity index (χ2v) is 8.50. The number of anilines is 2. The molecule has 0 saturated carbocycles. The first kappa shape index (κ1) is 23.6. The Kier molecular flexibility index (Phi) is 6.82. The summed E-state index contributed by atoms with van der Waals surface area (Å²) in [4.78, 5) is 20.4. The molecular weight excluding hydrogens is 425 g/mol. The van der Waals surface area contributed by atoms with Crippen molar-refractivity contribution in [3.05, 3.63) is 48.3 Å². The SMILES string of the molecule is CC(C)OC(=O)Nc1cnccc1CN1CN(c2ccc(OC(F)(F)F)cc2)CC1(C)C. The molecule has 1 aliphatic rings. The van der Waals surface area contributed by atoms with Crippen LogP contribution >= 0.6 is 0 Å². The Balaban J connectivity index is 1.71. The van der Waals surface area contributed by atoms with Crippen LogP contribution in [0.2, 0.25) is 0 Å². The van der Waals surface area contributed by atoms with E-state index in [1.54, 1.807) is 38.4 Å². The Morgan fingerprint density at radius 1 is 1.22 bits per heavy atom. The fourth-order valence-corrected chi connectivity index (χ4v) is 3.54. The predicted molar refractivity (Wildman–Crippen MR) is 114 cm³/mol. The molecule has 0 atom stereocenters. The van der Waals surface area contributed by atoms with Gasteiger partial charge in [-0.2, -0.15) is 0 Å². The van der Waals surface area contributed by atoms with Crippen LogP contribution in [0.3, 0.4) is 0 Å². The lowest BCUT2D eigenvalue weighted by molar-refractivity contribution is -0.274. The second-order valence-electron chi connectivity index (χ2n) is 8.50. The molecule has 1 aliphatic heterocycles. The van der Waals surface area contributed by atoms with E-state index >= 15 is 0 Å². The molecule has 1 fully saturated rings. The van der Waals surface area contributed by atoms with E-state index in [-0.39, 0.29) is 17.4 Å². The van der Waals surface area contributed by atoms with Crippen LogP contribution in [0.1, 0.15) is 33.3 Å². The quantitative estimate of drug-likeness (QED) is 0.666. The van der Waals surface area contributed by atoms with Crippen LogP contribution < -0.4 is 15.0 Å². The van der Waals surface area contributed by atoms with Crippen LogP contribution in [0.15, 0.2) is 42.7 Å². The third-order valence-electron chi connectivity index (χ3n) is 5.06. The maximum atomic E-state index is 12.4. The van der Waals surface area contributed by atoms with Gasteiger partial charge < -0.3 is 14.4 Å². The number of halogens is 3. The van der Waals surface area contributed by atoms with E-state index in [1.165, 1.54) is 12.1 Å². The van der Waals surface area contributed by atoms with Crippen molar-refractivity contribution in [2.75, 3.05) is 23.4 Å². The highest BCUT2D eigenvalue weighted by Crippen LogP contribution is 2.33. The largest absolute Gasteiger partial charge is 0.573 e. The van der Waals surface area contributed by atoms with Crippen molar-refractivity contribution >= 4 is 17.5 Å². The fraction of sp³-hybridized carbons (Fsp3) is 0.455. The molecule has 0 spiro atoms. The minimum atomic E-state index is -4.72. The third-order valence-corrected chi connectivity index (χ3v) is 5.06. The molecule has 2 aromatic rings. The number of benzene rings is 1. The summed E-state index contributed by atoms with van der Waals surface area (Å²) in [6.45, 7) is 9.50. The van der Waals surface area contributed by atoms with Crippen molar-refractivity contribution in [3.8, 4) is 5.75 Å². The van der Waals surface area contributed by atoms with Gasteiger partial charge in [0.05, 0.1) is 24.7 Å². The number of amides is 1. The molecule has 3 rings (SSSR count). The van der Waals surface area contributed by atoms with Gasteiger partial charge in [-0.15, -0.1) is 13.2 Å². The highest BCUT2D eigenvalue weighted by Gasteiger charge is 2.37. The molecule has 32 heavy (non-hydrogen) atoms. The number of aromatic nitrogens is 1. The number of pyridine rings is 1. The lowest BCUT2D eigenvalue weighted by atomic mass is 10.0. The summed E-state index contributed by atoms with van der Waals surface area (Å²) in [5, 5.41) is 2.74. The van der Waals surface area contributed by atoms with Crippen LogP contribution in [0.25, 0.3) is 0 Å². The van der Waals surface area contributed by atoms with E-state index in [1.807, 2.05) is 6.07 Å². The summed E-state index contributed by atoms with van der Waals surface area (Å²) < 4.78 is 46.3. The molecule has 0 unspecified atom stereocenters. The molecular formula is C22H27F3N4O3. The van der Waals surface area contributed by atoms with Gasteiger partial charge in [0, 0.05) is 30.5 Å². The summed E-state index contributed by atoms with van der Waals surface area (Å²) in [7, 11) is 0. The number of carbonyl (C=O) groups excluding carboxylic acids is 1. The topological polar surface area (TPSA) is 66.9 Å². The van der Waals surface area contributed by atoms with E-state index in [4.69, 9.17) is 4.74 Å². The summed E-state index contributed by atoms with van der Waals surface area (Å²) in [5.74, 6) is -0.252. The van der Waals surface area contributed by atoms with Gasteiger partial charge in [0.1, 0.15) is 5.75 Å². The lowest BCUT2D eigenvalue weighted by Crippen LogP contribution is -2.39. The zero-order valence-corrected chi connectivity index (χ0v) is 18.4. The van der Waals surface area contributed by atoms with E-state index in [9.17, 15) is 18.0 Å². The third kappa shape index (κ3) is 6.25. The minimum absolute atomic E-state index is 0.222. The maximum Gasteiger partial charge on any atom is 0.573 e. The number of hydrogen-bond acceptors (Lipinski definition) is 6. The van der Waals surface area contributed by atoms with Crippen molar-refractivity contribution < 1.29 is 27.4 Å². The van der Waals surface area contributed by atoms with Crippen LogP contribution in [-0.2, 0) is 11.3 Å². The number of ether oxygens (including phenoxy) is 2. The van der Waals surface area contributed by atoms with Gasteiger partial charge in [-0.25, -0.2) is 4.79 Å². The number of carbonyl (C=O) groups is 1. The van der Waals surface area contributed by atoms with Crippen molar-refractivity contribution in [3.63, 3.8) is 0 Å². The van der Waals surface area contributed by atoms with E-state index in [0.717, 1.165) is 11.3 Å². The van der Waals surface area contributed by atoms with Crippen LogP contribution in [0.5, 0.6) is 5.75 Å². The van der Waals surface area contributed by atoms with Gasteiger partial charge >= 0.3 is 12.5 Å². The Morgan fingerprint density at radius 3 is 2.53 bits per heavy atom. The first-order valence-electron chi connectivity index (χ1n) is 10.2. The summed E-state index contributed by atoms with van der Waals surface area (Å²) in [6, 6.07) is 7.68. The van der Waals surface area contributed by atoms with Gasteiger partial charge in [0.25, 0.3) is 0 Å². The van der Waals surface area contributed by atoms with Gasteiger partial charge in [-0.3, -0.25) is 15.2 Å². The van der Waals surface area contributed by atoms with Gasteiger partial charge in [-0.1, -0.05) is 0 Å². The van der Waals surface area contributed by atoms with Crippen LogP contribution in [-0.4, -0.2) is 47.2 Å². The molecule has 1 aromatic carbocycles. The van der Waals surface area contributed by atoms with E-state index < -0.39 is 12.5 Å². The molecule has 174 valence electrons. The number of hydrogen-bond donors (Lipinski definition) is 1. The molecule has 0 radical (unpaired) electrons. The predicted octanol–water partition coefficient (Wildman–Crippen LogP) is 5.00. The Bertz CT molecular complexity index is 933. The summed E-state index contributed by atoms with van der Waals surface area (Å²) in [6.07, 6.45) is -2.26. The van der Waals surface area contributed by atoms with Crippen LogP contribution in [0.4, 0.5) is 29.3 Å². The summed E-state index contributed by atoms with van der Waals surface area (Å²) in [5.41, 5.74) is 2.02. The number of rotatable bonds is 6. The molecule has 0 aliphatic carbocycles. The smallest absolute Gasteiger partial charge is 0.447 e. The Morgan fingerprint density at radius 2 is 1.91 bits per heavy atom. The highest BCUT2D eigenvalue weighted by molar-refractivity contribution is 5.85. The van der Waals surface area contributed by atoms with Gasteiger partial charge in [0.15, 0.2) is 0 Å². The monoisotopic (exact) mass is 452 g/mol. The molecule has 2 heterocycles. The molecule has 10 heteroatoms. The van der Waals surface area contributed by atoms with Crippen molar-refractivity contribution in [1.29, 1.82) is 0 Å². The zero-order valence-electron chi connectivity index (χ0n) is 18.4. The lowest BCUT2D eigenvalue weighted by Gasteiger charge is -2.30. The molecule has 1 N–H and O–H groups in total. The second kappa shape index (κ2) is 9.23. The number of nitrogens with zero attached hydrogens (tertiary/aromatic N) is 3. The number of nitrogens with one attached hydrogen (secondary N) is 1. The first-order valence-corrected chi connectivity index (χ1v) is 10.2. The van der Waals surface area contributed by atoms with Crippen LogP contribution in [0, 0.1) is 0 Å². The standard InChI is InChI=1S/C22H27F3N4O3/c1-15(2)31-20(30)27-19-11-26-10-9-16(19)12-29-14-28(13-21(29,3)4)17-5-7-18(8-6-17)32-22(23,24)25/h5-11,15H,12-14H2,1-4H3,(H,27,30). The minimum Gasteiger partial charge on any atom is -0.447 e. The first-order chi connectivity index (χ1) is 14.9. The van der Waals surface area contributed by atoms with E-state index in [2.05, 4.69) is 38.7 Å². The number of alkyl halides is 3. The fourth-order valence-electron chi connectivity index (χ4n) is 3.54. The molecule has 0 bridgehead atoms. The van der Waals surface area contributed by atoms with Crippen molar-refractivity contribution in [1.82, 2.24) is 9.88 Å². The maximum absolute atomic E-state index is 12.4. The average molecular weight is 452 g/mol. The Labute approximate surface area is 185 Å². The van der Waals surface area contributed by atoms with Crippen molar-refractivity contribution in [2.45, 2.75) is 52.2 Å². The zero-order chi connectivity index (χ0) is 23.5. The van der Waals surface area contributed by atoms with E-state index in [0.29, 0.717) is 25.4 Å². The molecule has 1 saturated heterocycles. The van der Waals surface area contributed by atoms with Gasteiger partial charge in [-0.05, 0) is 63.6 Å². The Hall–Kier alpha value is -3.01. The van der Waals surface area contributed by atoms with Gasteiger partial charge in [0.2, 0.25) is 0 Å².